The van der Waals surface area contributed by atoms with E-state index in [0.29, 0.717) is 22.7 Å². The second-order valence-corrected chi connectivity index (χ2v) is 8.83. The number of likely N-dealkylation sites (tertiary alicyclic amines) is 1. The van der Waals surface area contributed by atoms with Crippen LogP contribution in [0.15, 0.2) is 48.5 Å². The van der Waals surface area contributed by atoms with Gasteiger partial charge in [0.2, 0.25) is 0 Å². The van der Waals surface area contributed by atoms with E-state index in [4.69, 9.17) is 0 Å². The highest BCUT2D eigenvalue weighted by atomic mass is 16.2. The highest BCUT2D eigenvalue weighted by molar-refractivity contribution is 6.09. The normalized spacial score (nSPS) is 17.3. The van der Waals surface area contributed by atoms with Gasteiger partial charge in [0.25, 0.3) is 11.8 Å². The monoisotopic (exact) mass is 378 g/mol. The minimum atomic E-state index is -0.201. The SMILES string of the molecule is CC1CCCN(C(=O)c2ccccc2NC(=O)c2ccc(C(C)(C)C)cc2)C1. The number of para-hydroxylation sites is 1. The van der Waals surface area contributed by atoms with Crippen LogP contribution >= 0.6 is 0 Å². The Morgan fingerprint density at radius 1 is 1.04 bits per heavy atom. The number of nitrogens with zero attached hydrogens (tertiary/aromatic N) is 1. The first-order valence-electron chi connectivity index (χ1n) is 10.1. The second-order valence-electron chi connectivity index (χ2n) is 8.83. The Labute approximate surface area is 167 Å². The fraction of sp³-hybridized carbons (Fsp3) is 0.417. The van der Waals surface area contributed by atoms with Gasteiger partial charge in [-0.25, -0.2) is 0 Å². The van der Waals surface area contributed by atoms with Crippen molar-refractivity contribution in [1.82, 2.24) is 4.90 Å². The van der Waals surface area contributed by atoms with Crippen molar-refractivity contribution in [3.8, 4) is 0 Å². The van der Waals surface area contributed by atoms with Crippen molar-refractivity contribution in [1.29, 1.82) is 0 Å². The number of hydrogen-bond donors (Lipinski definition) is 1. The number of nitrogens with one attached hydrogen (secondary N) is 1. The van der Waals surface area contributed by atoms with Gasteiger partial charge in [0.15, 0.2) is 0 Å². The van der Waals surface area contributed by atoms with E-state index in [1.165, 1.54) is 5.56 Å². The lowest BCUT2D eigenvalue weighted by molar-refractivity contribution is 0.0684. The van der Waals surface area contributed by atoms with Crippen LogP contribution in [0, 0.1) is 5.92 Å². The van der Waals surface area contributed by atoms with Crippen LogP contribution in [-0.4, -0.2) is 29.8 Å². The third-order valence-corrected chi connectivity index (χ3v) is 5.36. The molecule has 3 rings (SSSR count). The van der Waals surface area contributed by atoms with E-state index >= 15 is 0 Å². The quantitative estimate of drug-likeness (QED) is 0.807. The molecule has 1 fully saturated rings. The topological polar surface area (TPSA) is 49.4 Å². The molecule has 4 nitrogen and oxygen atoms in total. The van der Waals surface area contributed by atoms with Crippen LogP contribution in [-0.2, 0) is 5.41 Å². The Kier molecular flexibility index (Phi) is 5.87. The summed E-state index contributed by atoms with van der Waals surface area (Å²) in [5.41, 5.74) is 2.92. The fourth-order valence-electron chi connectivity index (χ4n) is 3.64. The van der Waals surface area contributed by atoms with Crippen LogP contribution < -0.4 is 5.32 Å². The van der Waals surface area contributed by atoms with Gasteiger partial charge < -0.3 is 10.2 Å². The van der Waals surface area contributed by atoms with Gasteiger partial charge in [-0.15, -0.1) is 0 Å². The van der Waals surface area contributed by atoms with Crippen LogP contribution in [0.1, 0.15) is 66.8 Å². The maximum atomic E-state index is 13.0. The number of rotatable bonds is 3. The third kappa shape index (κ3) is 4.61. The van der Waals surface area contributed by atoms with E-state index in [1.54, 1.807) is 12.1 Å². The summed E-state index contributed by atoms with van der Waals surface area (Å²) in [5.74, 6) is 0.305. The molecule has 0 radical (unpaired) electrons. The largest absolute Gasteiger partial charge is 0.338 e. The molecule has 1 atom stereocenters. The van der Waals surface area contributed by atoms with Crippen molar-refractivity contribution < 1.29 is 9.59 Å². The maximum Gasteiger partial charge on any atom is 0.255 e. The highest BCUT2D eigenvalue weighted by Gasteiger charge is 2.24. The molecule has 1 N–H and O–H groups in total. The molecular formula is C24H30N2O2. The van der Waals surface area contributed by atoms with Crippen LogP contribution in [0.2, 0.25) is 0 Å². The summed E-state index contributed by atoms with van der Waals surface area (Å²) in [6.45, 7) is 10.2. The molecule has 0 spiro atoms. The van der Waals surface area contributed by atoms with E-state index in [1.807, 2.05) is 41.3 Å². The zero-order chi connectivity index (χ0) is 20.3. The van der Waals surface area contributed by atoms with Crippen LogP contribution in [0.3, 0.4) is 0 Å². The third-order valence-electron chi connectivity index (χ3n) is 5.36. The molecule has 0 aromatic heterocycles. The Morgan fingerprint density at radius 2 is 1.71 bits per heavy atom. The summed E-state index contributed by atoms with van der Waals surface area (Å²) in [5, 5.41) is 2.93. The zero-order valence-corrected chi connectivity index (χ0v) is 17.3. The molecular weight excluding hydrogens is 348 g/mol. The Hall–Kier alpha value is -2.62. The molecule has 0 aliphatic carbocycles. The molecule has 1 heterocycles. The van der Waals surface area contributed by atoms with Crippen LogP contribution in [0.5, 0.6) is 0 Å². The fourth-order valence-corrected chi connectivity index (χ4v) is 3.64. The summed E-state index contributed by atoms with van der Waals surface area (Å²) in [7, 11) is 0. The number of anilines is 1. The Balaban J connectivity index is 1.77. The van der Waals surface area contributed by atoms with E-state index < -0.39 is 0 Å². The predicted molar refractivity (Wildman–Crippen MR) is 114 cm³/mol. The second kappa shape index (κ2) is 8.17. The number of hydrogen-bond acceptors (Lipinski definition) is 2. The molecule has 2 aromatic carbocycles. The molecule has 1 saturated heterocycles. The van der Waals surface area contributed by atoms with Crippen molar-refractivity contribution in [2.45, 2.75) is 46.0 Å². The molecule has 4 heteroatoms. The van der Waals surface area contributed by atoms with E-state index in [9.17, 15) is 9.59 Å². The first kappa shape index (κ1) is 20.1. The summed E-state index contributed by atoms with van der Waals surface area (Å²) in [6.07, 6.45) is 2.19. The highest BCUT2D eigenvalue weighted by Crippen LogP contribution is 2.24. The standard InChI is InChI=1S/C24H30N2O2/c1-17-8-7-15-26(16-17)23(28)20-9-5-6-10-21(20)25-22(27)18-11-13-19(14-12-18)24(2,3)4/h5-6,9-14,17H,7-8,15-16H2,1-4H3,(H,25,27). The van der Waals surface area contributed by atoms with Crippen molar-refractivity contribution in [2.24, 2.45) is 5.92 Å². The van der Waals surface area contributed by atoms with Gasteiger partial charge in [0.1, 0.15) is 0 Å². The van der Waals surface area contributed by atoms with Gasteiger partial charge in [-0.2, -0.15) is 0 Å². The maximum absolute atomic E-state index is 13.0. The average Bonchev–Trinajstić information content (AvgIpc) is 2.67. The van der Waals surface area contributed by atoms with Crippen molar-refractivity contribution in [3.63, 3.8) is 0 Å². The summed E-state index contributed by atoms with van der Waals surface area (Å²) < 4.78 is 0. The molecule has 1 aliphatic heterocycles. The summed E-state index contributed by atoms with van der Waals surface area (Å²) in [4.78, 5) is 27.7. The van der Waals surface area contributed by atoms with Gasteiger partial charge in [-0.3, -0.25) is 9.59 Å². The molecule has 1 unspecified atom stereocenters. The van der Waals surface area contributed by atoms with E-state index in [0.717, 1.165) is 25.9 Å². The molecule has 28 heavy (non-hydrogen) atoms. The molecule has 0 saturated carbocycles. The number of carbonyl (C=O) groups is 2. The number of carbonyl (C=O) groups excluding carboxylic acids is 2. The molecule has 2 amide bonds. The first-order chi connectivity index (χ1) is 13.3. The summed E-state index contributed by atoms with van der Waals surface area (Å²) >= 11 is 0. The van der Waals surface area contributed by atoms with Gasteiger partial charge in [-0.1, -0.05) is 52.0 Å². The Morgan fingerprint density at radius 3 is 2.36 bits per heavy atom. The van der Waals surface area contributed by atoms with E-state index in [-0.39, 0.29) is 17.2 Å². The Bertz CT molecular complexity index is 850. The van der Waals surface area contributed by atoms with Gasteiger partial charge in [0.05, 0.1) is 11.3 Å². The minimum Gasteiger partial charge on any atom is -0.338 e. The molecule has 2 aromatic rings. The smallest absolute Gasteiger partial charge is 0.255 e. The van der Waals surface area contributed by atoms with Gasteiger partial charge >= 0.3 is 0 Å². The number of piperidine rings is 1. The van der Waals surface area contributed by atoms with Crippen molar-refractivity contribution in [3.05, 3.63) is 65.2 Å². The molecule has 1 aliphatic rings. The minimum absolute atomic E-state index is 0.00877. The number of benzene rings is 2. The lowest BCUT2D eigenvalue weighted by Crippen LogP contribution is -2.39. The lowest BCUT2D eigenvalue weighted by Gasteiger charge is -2.31. The predicted octanol–water partition coefficient (Wildman–Crippen LogP) is 5.11. The first-order valence-corrected chi connectivity index (χ1v) is 10.1. The lowest BCUT2D eigenvalue weighted by atomic mass is 9.86. The number of amides is 2. The van der Waals surface area contributed by atoms with Crippen molar-refractivity contribution in [2.75, 3.05) is 18.4 Å². The summed E-state index contributed by atoms with van der Waals surface area (Å²) in [6, 6.07) is 14.9. The van der Waals surface area contributed by atoms with Gasteiger partial charge in [0, 0.05) is 18.7 Å². The van der Waals surface area contributed by atoms with E-state index in [2.05, 4.69) is 33.0 Å². The molecule has 148 valence electrons. The van der Waals surface area contributed by atoms with Crippen LogP contribution in [0.25, 0.3) is 0 Å². The zero-order valence-electron chi connectivity index (χ0n) is 17.3. The average molecular weight is 379 g/mol. The van der Waals surface area contributed by atoms with Gasteiger partial charge in [-0.05, 0) is 54.0 Å². The van der Waals surface area contributed by atoms with Crippen molar-refractivity contribution >= 4 is 17.5 Å². The molecule has 0 bridgehead atoms. The van der Waals surface area contributed by atoms with Crippen LogP contribution in [0.4, 0.5) is 5.69 Å².